The zero-order valence-corrected chi connectivity index (χ0v) is 19.1. The number of carbonyl (C=O) groups is 1. The number of anilines is 1. The molecule has 33 heavy (non-hydrogen) atoms. The van der Waals surface area contributed by atoms with Crippen molar-refractivity contribution in [2.45, 2.75) is 51.9 Å². The molecule has 3 aromatic rings. The Morgan fingerprint density at radius 2 is 1.97 bits per heavy atom. The maximum absolute atomic E-state index is 12.1. The molecule has 0 amide bonds. The second-order valence-corrected chi connectivity index (χ2v) is 8.00. The lowest BCUT2D eigenvalue weighted by molar-refractivity contribution is -0.142. The van der Waals surface area contributed by atoms with Crippen molar-refractivity contribution in [3.63, 3.8) is 0 Å². The predicted molar refractivity (Wildman–Crippen MR) is 127 cm³/mol. The Labute approximate surface area is 193 Å². The van der Waals surface area contributed by atoms with Gasteiger partial charge in [-0.2, -0.15) is 0 Å². The second kappa shape index (κ2) is 11.0. The maximum atomic E-state index is 12.1. The second-order valence-electron chi connectivity index (χ2n) is 8.00. The van der Waals surface area contributed by atoms with Crippen molar-refractivity contribution in [3.8, 4) is 0 Å². The van der Waals surface area contributed by atoms with Crippen LogP contribution in [0, 0.1) is 0 Å². The average Bonchev–Trinajstić information content (AvgIpc) is 3.20. The summed E-state index contributed by atoms with van der Waals surface area (Å²) in [6.45, 7) is 5.24. The fourth-order valence-corrected chi connectivity index (χ4v) is 3.93. The minimum Gasteiger partial charge on any atom is -0.501 e. The van der Waals surface area contributed by atoms with Crippen LogP contribution in [0.2, 0.25) is 0 Å². The molecule has 1 N–H and O–H groups in total. The van der Waals surface area contributed by atoms with E-state index in [2.05, 4.69) is 22.6 Å². The zero-order valence-electron chi connectivity index (χ0n) is 19.1. The van der Waals surface area contributed by atoms with Gasteiger partial charge in [0.05, 0.1) is 44.0 Å². The third kappa shape index (κ3) is 5.73. The van der Waals surface area contributed by atoms with Crippen LogP contribution >= 0.6 is 0 Å². The van der Waals surface area contributed by atoms with Crippen LogP contribution in [0.4, 0.5) is 5.69 Å². The van der Waals surface area contributed by atoms with Crippen LogP contribution in [-0.2, 0) is 32.0 Å². The molecule has 0 aliphatic heterocycles. The van der Waals surface area contributed by atoms with E-state index in [4.69, 9.17) is 18.7 Å². The van der Waals surface area contributed by atoms with Crippen molar-refractivity contribution in [2.75, 3.05) is 18.5 Å². The molecule has 0 radical (unpaired) electrons. The Morgan fingerprint density at radius 3 is 2.73 bits per heavy atom. The highest BCUT2D eigenvalue weighted by Gasteiger charge is 2.30. The Hall–Kier alpha value is -3.32. The van der Waals surface area contributed by atoms with E-state index in [1.807, 2.05) is 43.3 Å². The molecule has 1 aliphatic rings. The molecule has 0 saturated heterocycles. The van der Waals surface area contributed by atoms with Gasteiger partial charge in [-0.25, -0.2) is 0 Å². The van der Waals surface area contributed by atoms with Crippen LogP contribution in [0.25, 0.3) is 17.0 Å². The van der Waals surface area contributed by atoms with Gasteiger partial charge in [0.2, 0.25) is 0 Å². The third-order valence-corrected chi connectivity index (χ3v) is 5.65. The van der Waals surface area contributed by atoms with Gasteiger partial charge >= 0.3 is 5.97 Å². The van der Waals surface area contributed by atoms with E-state index < -0.39 is 0 Å². The molecular formula is C26H30N2O5. The summed E-state index contributed by atoms with van der Waals surface area (Å²) in [5.41, 5.74) is 4.19. The smallest absolute Gasteiger partial charge is 0.312 e. The Kier molecular flexibility index (Phi) is 7.62. The highest BCUT2D eigenvalue weighted by atomic mass is 16.5. The summed E-state index contributed by atoms with van der Waals surface area (Å²) < 4.78 is 22.1. The maximum Gasteiger partial charge on any atom is 0.312 e. The molecule has 7 nitrogen and oxygen atoms in total. The zero-order chi connectivity index (χ0) is 23.0. The molecular weight excluding hydrogens is 420 g/mol. The van der Waals surface area contributed by atoms with Crippen molar-refractivity contribution in [3.05, 3.63) is 65.5 Å². The van der Waals surface area contributed by atoms with Crippen LogP contribution in [-0.4, -0.2) is 36.5 Å². The lowest BCUT2D eigenvalue weighted by atomic mass is 9.88. The van der Waals surface area contributed by atoms with Crippen LogP contribution in [0.5, 0.6) is 0 Å². The third-order valence-electron chi connectivity index (χ3n) is 5.65. The molecule has 0 atom stereocenters. The lowest BCUT2D eigenvalue weighted by Crippen LogP contribution is -2.40. The monoisotopic (exact) mass is 450 g/mol. The van der Waals surface area contributed by atoms with Gasteiger partial charge in [0, 0.05) is 17.3 Å². The van der Waals surface area contributed by atoms with Crippen molar-refractivity contribution in [1.82, 2.24) is 5.16 Å². The summed E-state index contributed by atoms with van der Waals surface area (Å²) in [6, 6.07) is 14.4. The number of carbonyl (C=O) groups excluding carboxylic acids is 1. The van der Waals surface area contributed by atoms with E-state index in [0.29, 0.717) is 37.1 Å². The molecule has 174 valence electrons. The van der Waals surface area contributed by atoms with Crippen molar-refractivity contribution < 1.29 is 23.5 Å². The quantitative estimate of drug-likeness (QED) is 0.321. The summed E-state index contributed by atoms with van der Waals surface area (Å²) in [6.07, 6.45) is 5.70. The van der Waals surface area contributed by atoms with Crippen molar-refractivity contribution in [1.29, 1.82) is 0 Å². The molecule has 2 aromatic carbocycles. The van der Waals surface area contributed by atoms with Gasteiger partial charge in [0.25, 0.3) is 0 Å². The first-order valence-corrected chi connectivity index (χ1v) is 11.4. The molecule has 0 spiro atoms. The molecule has 1 aromatic heterocycles. The molecule has 0 bridgehead atoms. The summed E-state index contributed by atoms with van der Waals surface area (Å²) >= 11 is 0. The van der Waals surface area contributed by atoms with E-state index in [1.165, 1.54) is 5.56 Å². The number of fused-ring (bicyclic) bond motifs is 1. The van der Waals surface area contributed by atoms with Gasteiger partial charge in [0.15, 0.2) is 5.58 Å². The first-order valence-electron chi connectivity index (χ1n) is 11.4. The van der Waals surface area contributed by atoms with Crippen molar-refractivity contribution >= 4 is 28.7 Å². The van der Waals surface area contributed by atoms with Gasteiger partial charge in [-0.1, -0.05) is 35.5 Å². The number of benzene rings is 2. The molecule has 7 heteroatoms. The van der Waals surface area contributed by atoms with Crippen LogP contribution in [0.1, 0.15) is 43.5 Å². The summed E-state index contributed by atoms with van der Waals surface area (Å²) in [7, 11) is 0. The van der Waals surface area contributed by atoms with E-state index in [9.17, 15) is 4.79 Å². The van der Waals surface area contributed by atoms with E-state index >= 15 is 0 Å². The number of rotatable bonds is 11. The van der Waals surface area contributed by atoms with E-state index in [0.717, 1.165) is 29.5 Å². The number of ether oxygens (including phenoxy) is 3. The topological polar surface area (TPSA) is 82.8 Å². The minimum absolute atomic E-state index is 0.0542. The highest BCUT2D eigenvalue weighted by Crippen LogP contribution is 2.34. The lowest BCUT2D eigenvalue weighted by Gasteiger charge is -2.36. The number of aromatic nitrogens is 1. The number of hydrogen-bond acceptors (Lipinski definition) is 7. The molecule has 1 heterocycles. The predicted octanol–water partition coefficient (Wildman–Crippen LogP) is 5.10. The van der Waals surface area contributed by atoms with E-state index in [-0.39, 0.29) is 18.5 Å². The number of hydrogen-bond donors (Lipinski definition) is 1. The largest absolute Gasteiger partial charge is 0.501 e. The van der Waals surface area contributed by atoms with Gasteiger partial charge in [-0.05, 0) is 50.5 Å². The fourth-order valence-electron chi connectivity index (χ4n) is 3.93. The Balaban J connectivity index is 1.47. The summed E-state index contributed by atoms with van der Waals surface area (Å²) in [5.74, 6) is -0.330. The van der Waals surface area contributed by atoms with Gasteiger partial charge in [-0.3, -0.25) is 4.79 Å². The van der Waals surface area contributed by atoms with Crippen LogP contribution < -0.4 is 5.32 Å². The van der Waals surface area contributed by atoms with Gasteiger partial charge in [0.1, 0.15) is 5.69 Å². The average molecular weight is 451 g/mol. The van der Waals surface area contributed by atoms with E-state index in [1.54, 1.807) is 13.2 Å². The standard InChI is InChI=1S/C26H30N2O5/c1-3-30-13-12-21-22(10-11-24-26(21)23(28-33-24)16-25(29)31-4-2)27-19-14-20(15-19)32-17-18-8-6-5-7-9-18/h5-13,19-20,27H,3-4,14-17H2,1-2H3/b13-12+. The number of esters is 1. The Morgan fingerprint density at radius 1 is 1.15 bits per heavy atom. The first-order chi connectivity index (χ1) is 16.2. The number of nitrogens with one attached hydrogen (secondary N) is 1. The molecule has 1 saturated carbocycles. The molecule has 1 fully saturated rings. The van der Waals surface area contributed by atoms with Gasteiger partial charge < -0.3 is 24.1 Å². The van der Waals surface area contributed by atoms with Crippen LogP contribution in [0.15, 0.2) is 53.2 Å². The summed E-state index contributed by atoms with van der Waals surface area (Å²) in [5, 5.41) is 8.54. The summed E-state index contributed by atoms with van der Waals surface area (Å²) in [4.78, 5) is 12.1. The normalized spacial score (nSPS) is 17.8. The van der Waals surface area contributed by atoms with Crippen LogP contribution in [0.3, 0.4) is 0 Å². The molecule has 0 unspecified atom stereocenters. The van der Waals surface area contributed by atoms with Gasteiger partial charge in [-0.15, -0.1) is 0 Å². The highest BCUT2D eigenvalue weighted by molar-refractivity contribution is 5.96. The molecule has 4 rings (SSSR count). The van der Waals surface area contributed by atoms with Crippen molar-refractivity contribution in [2.24, 2.45) is 0 Å². The minimum atomic E-state index is -0.330. The Bertz CT molecular complexity index is 1090. The SMILES string of the molecule is CCO/C=C/c1c(NC2CC(OCc3ccccc3)C2)ccc2onc(CC(=O)OCC)c12. The number of nitrogens with zero attached hydrogens (tertiary/aromatic N) is 1. The first kappa shape index (κ1) is 22.9. The molecule has 1 aliphatic carbocycles. The fraction of sp³-hybridized carbons (Fsp3) is 0.385.